The second-order valence-corrected chi connectivity index (χ2v) is 6.10. The van der Waals surface area contributed by atoms with Gasteiger partial charge in [0.1, 0.15) is 0 Å². The predicted molar refractivity (Wildman–Crippen MR) is 102 cm³/mol. The van der Waals surface area contributed by atoms with Crippen molar-refractivity contribution in [2.24, 2.45) is 0 Å². The molecule has 0 radical (unpaired) electrons. The van der Waals surface area contributed by atoms with Gasteiger partial charge in [0.2, 0.25) is 5.91 Å². The van der Waals surface area contributed by atoms with Crippen LogP contribution in [0.2, 0.25) is 0 Å². The van der Waals surface area contributed by atoms with Gasteiger partial charge in [-0.05, 0) is 37.1 Å². The number of non-ortho nitro benzene ring substituents is 1. The van der Waals surface area contributed by atoms with E-state index in [0.29, 0.717) is 11.4 Å². The second-order valence-electron chi connectivity index (χ2n) is 6.10. The Morgan fingerprint density at radius 3 is 2.56 bits per heavy atom. The number of carbonyl (C=O) groups is 2. The largest absolute Gasteiger partial charge is 0.465 e. The average molecular weight is 371 g/mol. The number of nitrogens with zero attached hydrogens (tertiary/aromatic N) is 2. The van der Waals surface area contributed by atoms with Gasteiger partial charge in [-0.1, -0.05) is 12.1 Å². The van der Waals surface area contributed by atoms with Gasteiger partial charge >= 0.3 is 5.97 Å². The average Bonchev–Trinajstić information content (AvgIpc) is 2.64. The third kappa shape index (κ3) is 4.60. The molecule has 2 rings (SSSR count). The van der Waals surface area contributed by atoms with Crippen molar-refractivity contribution in [1.29, 1.82) is 0 Å². The summed E-state index contributed by atoms with van der Waals surface area (Å²) in [6.07, 6.45) is 0. The minimum Gasteiger partial charge on any atom is -0.465 e. The van der Waals surface area contributed by atoms with Crippen LogP contribution in [0.1, 0.15) is 21.5 Å². The molecule has 0 heterocycles. The Kier molecular flexibility index (Phi) is 6.12. The molecular formula is C19H21N3O5. The maximum atomic E-state index is 12.4. The number of nitro groups is 1. The van der Waals surface area contributed by atoms with E-state index < -0.39 is 10.9 Å². The molecule has 142 valence electrons. The summed E-state index contributed by atoms with van der Waals surface area (Å²) in [5, 5.41) is 13.8. The number of methoxy groups -OCH3 is 1. The summed E-state index contributed by atoms with van der Waals surface area (Å²) in [5.41, 5.74) is 2.90. The molecule has 1 amide bonds. The molecule has 0 unspecified atom stereocenters. The van der Waals surface area contributed by atoms with Crippen LogP contribution in [0.25, 0.3) is 0 Å². The summed E-state index contributed by atoms with van der Waals surface area (Å²) in [5.74, 6) is -0.990. The molecule has 0 spiro atoms. The normalized spacial score (nSPS) is 10.2. The summed E-state index contributed by atoms with van der Waals surface area (Å²) >= 11 is 0. The van der Waals surface area contributed by atoms with Gasteiger partial charge in [0, 0.05) is 24.9 Å². The monoisotopic (exact) mass is 371 g/mol. The lowest BCUT2D eigenvalue weighted by Crippen LogP contribution is -2.31. The number of amides is 1. The molecule has 2 aromatic rings. The highest BCUT2D eigenvalue weighted by molar-refractivity contribution is 5.99. The first-order chi connectivity index (χ1) is 12.7. The van der Waals surface area contributed by atoms with Crippen LogP contribution in [0.3, 0.4) is 0 Å². The van der Waals surface area contributed by atoms with Crippen molar-refractivity contribution < 1.29 is 19.2 Å². The van der Waals surface area contributed by atoms with E-state index in [1.54, 1.807) is 7.05 Å². The molecule has 8 nitrogen and oxygen atoms in total. The molecule has 0 aromatic heterocycles. The molecule has 0 aliphatic rings. The summed E-state index contributed by atoms with van der Waals surface area (Å²) < 4.78 is 4.70. The molecule has 0 aliphatic heterocycles. The lowest BCUT2D eigenvalue weighted by Gasteiger charge is -2.21. The lowest BCUT2D eigenvalue weighted by atomic mass is 10.1. The number of aryl methyl sites for hydroxylation is 1. The Balaban J connectivity index is 2.22. The van der Waals surface area contributed by atoms with Gasteiger partial charge in [0.15, 0.2) is 0 Å². The smallest absolute Gasteiger partial charge is 0.340 e. The highest BCUT2D eigenvalue weighted by Crippen LogP contribution is 2.26. The molecule has 8 heteroatoms. The minimum atomic E-state index is -0.713. The van der Waals surface area contributed by atoms with Gasteiger partial charge in [-0.2, -0.15) is 0 Å². The quantitative estimate of drug-likeness (QED) is 0.476. The number of likely N-dealkylation sites (N-methyl/N-ethyl adjacent to an activating group) is 1. The number of carbonyl (C=O) groups excluding carboxylic acids is 2. The zero-order valence-corrected chi connectivity index (χ0v) is 15.6. The fraction of sp³-hybridized carbons (Fsp3) is 0.263. The molecule has 0 bridgehead atoms. The Morgan fingerprint density at radius 1 is 1.22 bits per heavy atom. The van der Waals surface area contributed by atoms with Crippen molar-refractivity contribution >= 4 is 28.9 Å². The van der Waals surface area contributed by atoms with Crippen LogP contribution in [-0.2, 0) is 9.53 Å². The third-order valence-electron chi connectivity index (χ3n) is 4.27. The van der Waals surface area contributed by atoms with Crippen LogP contribution in [-0.4, -0.2) is 37.5 Å². The number of nitrogens with one attached hydrogen (secondary N) is 1. The highest BCUT2D eigenvalue weighted by atomic mass is 16.6. The number of hydrogen-bond acceptors (Lipinski definition) is 6. The van der Waals surface area contributed by atoms with Crippen molar-refractivity contribution in [3.63, 3.8) is 0 Å². The zero-order valence-electron chi connectivity index (χ0n) is 15.6. The SMILES string of the molecule is COC(=O)c1cc([N+](=O)[O-])ccc1N(C)CC(=O)Nc1cccc(C)c1C. The van der Waals surface area contributed by atoms with E-state index in [9.17, 15) is 19.7 Å². The minimum absolute atomic E-state index is 0.0220. The Hall–Kier alpha value is -3.42. The maximum absolute atomic E-state index is 12.4. The maximum Gasteiger partial charge on any atom is 0.340 e. The number of rotatable bonds is 6. The van der Waals surface area contributed by atoms with E-state index in [2.05, 4.69) is 5.32 Å². The molecule has 2 aromatic carbocycles. The van der Waals surface area contributed by atoms with E-state index in [0.717, 1.165) is 17.2 Å². The molecule has 0 atom stereocenters. The molecule has 27 heavy (non-hydrogen) atoms. The van der Waals surface area contributed by atoms with Gasteiger partial charge in [0.25, 0.3) is 5.69 Å². The van der Waals surface area contributed by atoms with Gasteiger partial charge in [-0.25, -0.2) is 4.79 Å². The summed E-state index contributed by atoms with van der Waals surface area (Å²) in [7, 11) is 2.81. The molecule has 1 N–H and O–H groups in total. The number of benzene rings is 2. The molecule has 0 aliphatic carbocycles. The van der Waals surface area contributed by atoms with Gasteiger partial charge < -0.3 is 15.0 Å². The van der Waals surface area contributed by atoms with Crippen LogP contribution < -0.4 is 10.2 Å². The van der Waals surface area contributed by atoms with E-state index in [1.807, 2.05) is 32.0 Å². The van der Waals surface area contributed by atoms with Crippen molar-refractivity contribution in [2.45, 2.75) is 13.8 Å². The highest BCUT2D eigenvalue weighted by Gasteiger charge is 2.21. The predicted octanol–water partition coefficient (Wildman–Crippen LogP) is 3.07. The van der Waals surface area contributed by atoms with E-state index in [-0.39, 0.29) is 23.7 Å². The molecule has 0 saturated carbocycles. The van der Waals surface area contributed by atoms with E-state index in [4.69, 9.17) is 4.74 Å². The van der Waals surface area contributed by atoms with Crippen molar-refractivity contribution in [3.8, 4) is 0 Å². The first-order valence-corrected chi connectivity index (χ1v) is 8.18. The number of anilines is 2. The first kappa shape index (κ1) is 19.9. The van der Waals surface area contributed by atoms with Crippen LogP contribution >= 0.6 is 0 Å². The number of ether oxygens (including phenoxy) is 1. The van der Waals surface area contributed by atoms with Crippen LogP contribution in [0.4, 0.5) is 17.1 Å². The summed E-state index contributed by atoms with van der Waals surface area (Å²) in [6.45, 7) is 3.83. The zero-order chi connectivity index (χ0) is 20.1. The number of nitro benzene ring substituents is 1. The summed E-state index contributed by atoms with van der Waals surface area (Å²) in [6, 6.07) is 9.46. The first-order valence-electron chi connectivity index (χ1n) is 8.18. The van der Waals surface area contributed by atoms with Gasteiger partial charge in [0.05, 0.1) is 29.8 Å². The molecule has 0 fully saturated rings. The Morgan fingerprint density at radius 2 is 1.93 bits per heavy atom. The third-order valence-corrected chi connectivity index (χ3v) is 4.27. The topological polar surface area (TPSA) is 102 Å². The number of esters is 1. The standard InChI is InChI=1S/C19H21N3O5/c1-12-6-5-7-16(13(12)2)20-18(23)11-21(3)17-9-8-14(22(25)26)10-15(17)19(24)27-4/h5-10H,11H2,1-4H3,(H,20,23). The van der Waals surface area contributed by atoms with Crippen LogP contribution in [0, 0.1) is 24.0 Å². The van der Waals surface area contributed by atoms with E-state index >= 15 is 0 Å². The van der Waals surface area contributed by atoms with Crippen LogP contribution in [0.5, 0.6) is 0 Å². The number of hydrogen-bond donors (Lipinski definition) is 1. The lowest BCUT2D eigenvalue weighted by molar-refractivity contribution is -0.384. The van der Waals surface area contributed by atoms with Crippen molar-refractivity contribution in [2.75, 3.05) is 30.9 Å². The van der Waals surface area contributed by atoms with Gasteiger partial charge in [-0.15, -0.1) is 0 Å². The molecule has 0 saturated heterocycles. The van der Waals surface area contributed by atoms with Gasteiger partial charge in [-0.3, -0.25) is 14.9 Å². The molecular weight excluding hydrogens is 350 g/mol. The fourth-order valence-electron chi connectivity index (χ4n) is 2.62. The Labute approximate surface area is 156 Å². The fourth-order valence-corrected chi connectivity index (χ4v) is 2.62. The van der Waals surface area contributed by atoms with Crippen LogP contribution in [0.15, 0.2) is 36.4 Å². The summed E-state index contributed by atoms with van der Waals surface area (Å²) in [4.78, 5) is 36.3. The van der Waals surface area contributed by atoms with Crippen molar-refractivity contribution in [3.05, 3.63) is 63.2 Å². The van der Waals surface area contributed by atoms with E-state index in [1.165, 1.54) is 24.1 Å². The second kappa shape index (κ2) is 8.31. The van der Waals surface area contributed by atoms with Crippen molar-refractivity contribution in [1.82, 2.24) is 0 Å². The Bertz CT molecular complexity index is 895.